The topological polar surface area (TPSA) is 102 Å². The summed E-state index contributed by atoms with van der Waals surface area (Å²) in [5.74, 6) is -3.35. The van der Waals surface area contributed by atoms with E-state index in [9.17, 15) is 14.0 Å². The van der Waals surface area contributed by atoms with E-state index < -0.39 is 28.8 Å². The summed E-state index contributed by atoms with van der Waals surface area (Å²) in [6, 6.07) is 2.58. The summed E-state index contributed by atoms with van der Waals surface area (Å²) in [7, 11) is 2.35. The van der Waals surface area contributed by atoms with Gasteiger partial charge in [-0.15, -0.1) is 0 Å². The molecule has 0 saturated carbocycles. The minimum absolute atomic E-state index is 0.0260. The molecule has 0 saturated heterocycles. The lowest BCUT2D eigenvalue weighted by Crippen LogP contribution is -2.18. The molecule has 0 radical (unpaired) electrons. The number of methoxy groups -OCH3 is 2. The van der Waals surface area contributed by atoms with Gasteiger partial charge in [0.25, 0.3) is 5.56 Å². The lowest BCUT2D eigenvalue weighted by molar-refractivity contribution is 0.0686. The quantitative estimate of drug-likeness (QED) is 0.889. The fourth-order valence-electron chi connectivity index (χ4n) is 1.83. The predicted octanol–water partition coefficient (Wildman–Crippen LogP) is 1.94. The van der Waals surface area contributed by atoms with Gasteiger partial charge in [0, 0.05) is 0 Å². The number of aromatic amines is 1. The zero-order chi connectivity index (χ0) is 16.4. The number of nitrogens with one attached hydrogen (secondary N) is 1. The first-order chi connectivity index (χ1) is 10.4. The van der Waals surface area contributed by atoms with E-state index in [-0.39, 0.29) is 22.2 Å². The van der Waals surface area contributed by atoms with Crippen LogP contribution < -0.4 is 15.0 Å². The van der Waals surface area contributed by atoms with Crippen molar-refractivity contribution in [2.45, 2.75) is 0 Å². The molecule has 0 aliphatic rings. The first-order valence-corrected chi connectivity index (χ1v) is 6.22. The summed E-state index contributed by atoms with van der Waals surface area (Å²) in [6.07, 6.45) is 0. The Bertz CT molecular complexity index is 806. The number of aromatic nitrogens is 2. The molecule has 0 aliphatic carbocycles. The Morgan fingerprint density at radius 3 is 2.50 bits per heavy atom. The van der Waals surface area contributed by atoms with E-state index >= 15 is 0 Å². The van der Waals surface area contributed by atoms with Crippen molar-refractivity contribution < 1.29 is 23.8 Å². The number of H-pyrrole nitrogens is 1. The van der Waals surface area contributed by atoms with Crippen molar-refractivity contribution >= 4 is 17.6 Å². The van der Waals surface area contributed by atoms with Crippen LogP contribution in [-0.4, -0.2) is 35.3 Å². The maximum atomic E-state index is 14.3. The third kappa shape index (κ3) is 2.60. The number of hydrogen-bond donors (Lipinski definition) is 2. The highest BCUT2D eigenvalue weighted by Gasteiger charge is 2.22. The van der Waals surface area contributed by atoms with Crippen LogP contribution >= 0.6 is 11.6 Å². The molecule has 7 nitrogen and oxygen atoms in total. The predicted molar refractivity (Wildman–Crippen MR) is 75.3 cm³/mol. The van der Waals surface area contributed by atoms with Gasteiger partial charge in [0.15, 0.2) is 17.3 Å². The SMILES string of the molecule is COc1c(Cl)ccc(-c2nc(C(=O)O)c(OC)c(=O)[nH]2)c1F. The van der Waals surface area contributed by atoms with Crippen LogP contribution in [0.4, 0.5) is 4.39 Å². The molecule has 2 rings (SSSR count). The fourth-order valence-corrected chi connectivity index (χ4v) is 2.05. The molecule has 2 N–H and O–H groups in total. The Balaban J connectivity index is 2.74. The Morgan fingerprint density at radius 2 is 1.95 bits per heavy atom. The molecule has 9 heteroatoms. The van der Waals surface area contributed by atoms with E-state index in [0.717, 1.165) is 7.11 Å². The van der Waals surface area contributed by atoms with Crippen molar-refractivity contribution in [3.63, 3.8) is 0 Å². The zero-order valence-corrected chi connectivity index (χ0v) is 12.2. The summed E-state index contributed by atoms with van der Waals surface area (Å²) in [5.41, 5.74) is -1.64. The van der Waals surface area contributed by atoms with Gasteiger partial charge in [0.05, 0.1) is 24.8 Å². The first kappa shape index (κ1) is 15.8. The molecular weight excluding hydrogens is 319 g/mol. The zero-order valence-electron chi connectivity index (χ0n) is 11.4. The van der Waals surface area contributed by atoms with Crippen molar-refractivity contribution in [1.29, 1.82) is 0 Å². The third-order valence-electron chi connectivity index (χ3n) is 2.79. The van der Waals surface area contributed by atoms with E-state index in [2.05, 4.69) is 9.97 Å². The van der Waals surface area contributed by atoms with E-state index in [0.29, 0.717) is 0 Å². The van der Waals surface area contributed by atoms with Gasteiger partial charge in [-0.2, -0.15) is 0 Å². The molecule has 116 valence electrons. The van der Waals surface area contributed by atoms with Gasteiger partial charge in [-0.25, -0.2) is 14.2 Å². The molecule has 0 amide bonds. The molecule has 0 fully saturated rings. The highest BCUT2D eigenvalue weighted by molar-refractivity contribution is 6.32. The molecule has 0 atom stereocenters. The van der Waals surface area contributed by atoms with E-state index in [1.54, 1.807) is 0 Å². The number of ether oxygens (including phenoxy) is 2. The number of nitrogens with zero attached hydrogens (tertiary/aromatic N) is 1. The third-order valence-corrected chi connectivity index (χ3v) is 3.09. The second kappa shape index (κ2) is 6.02. The minimum Gasteiger partial charge on any atom is -0.492 e. The number of carbonyl (C=O) groups is 1. The molecule has 1 aromatic carbocycles. The molecule has 0 bridgehead atoms. The minimum atomic E-state index is -1.48. The van der Waals surface area contributed by atoms with Crippen LogP contribution in [0.2, 0.25) is 5.02 Å². The lowest BCUT2D eigenvalue weighted by Gasteiger charge is -2.10. The van der Waals surface area contributed by atoms with Crippen LogP contribution in [0.15, 0.2) is 16.9 Å². The number of benzene rings is 1. The van der Waals surface area contributed by atoms with Crippen LogP contribution in [0, 0.1) is 5.82 Å². The Hall–Kier alpha value is -2.61. The van der Waals surface area contributed by atoms with Gasteiger partial charge in [-0.05, 0) is 12.1 Å². The second-order valence-electron chi connectivity index (χ2n) is 4.04. The van der Waals surface area contributed by atoms with Crippen LogP contribution in [0.3, 0.4) is 0 Å². The first-order valence-electron chi connectivity index (χ1n) is 5.84. The van der Waals surface area contributed by atoms with E-state index in [1.165, 1.54) is 19.2 Å². The van der Waals surface area contributed by atoms with Crippen molar-refractivity contribution in [2.75, 3.05) is 14.2 Å². The van der Waals surface area contributed by atoms with Gasteiger partial charge in [0.2, 0.25) is 5.75 Å². The monoisotopic (exact) mass is 328 g/mol. The number of aromatic carboxylic acids is 1. The number of rotatable bonds is 4. The Morgan fingerprint density at radius 1 is 1.32 bits per heavy atom. The van der Waals surface area contributed by atoms with Crippen LogP contribution in [0.5, 0.6) is 11.5 Å². The maximum absolute atomic E-state index is 14.3. The van der Waals surface area contributed by atoms with Crippen molar-refractivity contribution in [1.82, 2.24) is 9.97 Å². The molecule has 2 aromatic rings. The summed E-state index contributed by atoms with van der Waals surface area (Å²) >= 11 is 5.78. The van der Waals surface area contributed by atoms with Crippen molar-refractivity contribution in [3.8, 4) is 22.9 Å². The number of carboxylic acid groups (broad SMARTS) is 1. The molecule has 0 aliphatic heterocycles. The summed E-state index contributed by atoms with van der Waals surface area (Å²) in [4.78, 5) is 29.0. The van der Waals surface area contributed by atoms with Crippen LogP contribution in [0.1, 0.15) is 10.5 Å². The molecule has 0 unspecified atom stereocenters. The average Bonchev–Trinajstić information content (AvgIpc) is 2.46. The van der Waals surface area contributed by atoms with E-state index in [1.807, 2.05) is 0 Å². The highest BCUT2D eigenvalue weighted by atomic mass is 35.5. The number of hydrogen-bond acceptors (Lipinski definition) is 5. The fraction of sp³-hybridized carbons (Fsp3) is 0.154. The standard InChI is InChI=1S/C13H10ClFN2O5/c1-21-9-6(14)4-3-5(7(9)15)11-16-8(13(19)20)10(22-2)12(18)17-11/h3-4H,1-2H3,(H,19,20)(H,16,17,18). The smallest absolute Gasteiger partial charge is 0.358 e. The van der Waals surface area contributed by atoms with Crippen molar-refractivity contribution in [3.05, 3.63) is 39.0 Å². The van der Waals surface area contributed by atoms with Gasteiger partial charge >= 0.3 is 5.97 Å². The Labute approximate surface area is 128 Å². The van der Waals surface area contributed by atoms with Gasteiger partial charge < -0.3 is 19.6 Å². The lowest BCUT2D eigenvalue weighted by atomic mass is 10.1. The molecule has 1 aromatic heterocycles. The van der Waals surface area contributed by atoms with E-state index in [4.69, 9.17) is 26.2 Å². The molecule has 0 spiro atoms. The van der Waals surface area contributed by atoms with Gasteiger partial charge in [0.1, 0.15) is 5.82 Å². The normalized spacial score (nSPS) is 10.4. The average molecular weight is 329 g/mol. The van der Waals surface area contributed by atoms with Crippen LogP contribution in [-0.2, 0) is 0 Å². The summed E-state index contributed by atoms with van der Waals surface area (Å²) in [5, 5.41) is 9.10. The van der Waals surface area contributed by atoms with Gasteiger partial charge in [-0.3, -0.25) is 4.79 Å². The highest BCUT2D eigenvalue weighted by Crippen LogP contribution is 2.33. The Kier molecular flexibility index (Phi) is 4.32. The number of halogens is 2. The molecular formula is C13H10ClFN2O5. The molecule has 1 heterocycles. The summed E-state index contributed by atoms with van der Waals surface area (Å²) in [6.45, 7) is 0. The number of carboxylic acids is 1. The van der Waals surface area contributed by atoms with Crippen molar-refractivity contribution in [2.24, 2.45) is 0 Å². The largest absolute Gasteiger partial charge is 0.492 e. The van der Waals surface area contributed by atoms with Gasteiger partial charge in [-0.1, -0.05) is 11.6 Å². The second-order valence-corrected chi connectivity index (χ2v) is 4.45. The molecule has 22 heavy (non-hydrogen) atoms. The summed E-state index contributed by atoms with van der Waals surface area (Å²) < 4.78 is 23.8. The maximum Gasteiger partial charge on any atom is 0.358 e. The van der Waals surface area contributed by atoms with Crippen LogP contribution in [0.25, 0.3) is 11.4 Å².